The van der Waals surface area contributed by atoms with Crippen LogP contribution in [0.1, 0.15) is 11.1 Å². The molecular formula is C14H14N4S. The molecule has 96 valence electrons. The molecule has 2 aromatic heterocycles. The first kappa shape index (κ1) is 11.9. The van der Waals surface area contributed by atoms with Crippen molar-refractivity contribution in [1.82, 2.24) is 9.97 Å². The number of nitrogens with one attached hydrogen (secondary N) is 1. The number of hydrogen-bond acceptors (Lipinski definition) is 5. The largest absolute Gasteiger partial charge is 0.395 e. The van der Waals surface area contributed by atoms with Gasteiger partial charge in [-0.1, -0.05) is 0 Å². The fraction of sp³-hybridized carbons (Fsp3) is 0.143. The van der Waals surface area contributed by atoms with Crippen LogP contribution in [0.4, 0.5) is 11.4 Å². The number of hydrogen-bond donors (Lipinski definition) is 2. The van der Waals surface area contributed by atoms with Crippen molar-refractivity contribution in [3.8, 4) is 0 Å². The zero-order chi connectivity index (χ0) is 13.2. The number of aromatic nitrogens is 2. The molecule has 3 aromatic rings. The summed E-state index contributed by atoms with van der Waals surface area (Å²) in [5.74, 6) is 0. The lowest BCUT2D eigenvalue weighted by molar-refractivity contribution is 1.09. The zero-order valence-corrected chi connectivity index (χ0v) is 11.4. The molecule has 0 amide bonds. The van der Waals surface area contributed by atoms with Crippen molar-refractivity contribution < 1.29 is 0 Å². The number of benzene rings is 1. The second kappa shape index (κ2) is 4.85. The maximum atomic E-state index is 6.13. The number of thiazole rings is 1. The van der Waals surface area contributed by atoms with Gasteiger partial charge in [-0.3, -0.25) is 4.98 Å². The van der Waals surface area contributed by atoms with Crippen molar-refractivity contribution in [3.05, 3.63) is 47.2 Å². The Bertz CT molecular complexity index is 720. The van der Waals surface area contributed by atoms with Crippen molar-refractivity contribution in [1.29, 1.82) is 0 Å². The summed E-state index contributed by atoms with van der Waals surface area (Å²) in [6, 6.07) is 6.07. The molecule has 0 aliphatic heterocycles. The highest BCUT2D eigenvalue weighted by Crippen LogP contribution is 2.30. The minimum atomic E-state index is 0.713. The van der Waals surface area contributed by atoms with Crippen LogP contribution in [-0.4, -0.2) is 9.97 Å². The number of aryl methyl sites for hydroxylation is 1. The Hall–Kier alpha value is -2.14. The van der Waals surface area contributed by atoms with Crippen LogP contribution in [0.15, 0.2) is 36.1 Å². The highest BCUT2D eigenvalue weighted by atomic mass is 32.1. The van der Waals surface area contributed by atoms with Gasteiger partial charge in [0.2, 0.25) is 0 Å². The number of nitrogens with zero attached hydrogens (tertiary/aromatic N) is 2. The lowest BCUT2D eigenvalue weighted by Gasteiger charge is -2.11. The minimum Gasteiger partial charge on any atom is -0.395 e. The van der Waals surface area contributed by atoms with Crippen LogP contribution in [0.3, 0.4) is 0 Å². The Kier molecular flexibility index (Phi) is 3.05. The van der Waals surface area contributed by atoms with E-state index in [1.807, 2.05) is 29.9 Å². The van der Waals surface area contributed by atoms with Crippen LogP contribution in [0.2, 0.25) is 0 Å². The summed E-state index contributed by atoms with van der Waals surface area (Å²) in [7, 11) is 0. The maximum Gasteiger partial charge on any atom is 0.106 e. The van der Waals surface area contributed by atoms with Crippen molar-refractivity contribution in [2.75, 3.05) is 11.1 Å². The van der Waals surface area contributed by atoms with Crippen molar-refractivity contribution in [2.45, 2.75) is 13.5 Å². The lowest BCUT2D eigenvalue weighted by Crippen LogP contribution is -2.04. The van der Waals surface area contributed by atoms with E-state index in [-0.39, 0.29) is 0 Å². The second-order valence-corrected chi connectivity index (χ2v) is 5.27. The fourth-order valence-corrected chi connectivity index (χ4v) is 2.69. The first-order valence-electron chi connectivity index (χ1n) is 6.01. The van der Waals surface area contributed by atoms with Crippen LogP contribution < -0.4 is 11.1 Å². The molecule has 0 spiro atoms. The molecule has 0 saturated carbocycles. The van der Waals surface area contributed by atoms with Gasteiger partial charge in [0.15, 0.2) is 0 Å². The van der Waals surface area contributed by atoms with E-state index in [1.54, 1.807) is 17.5 Å². The van der Waals surface area contributed by atoms with Crippen LogP contribution in [0.5, 0.6) is 0 Å². The topological polar surface area (TPSA) is 63.8 Å². The molecule has 2 heterocycles. The van der Waals surface area contributed by atoms with Gasteiger partial charge in [-0.15, -0.1) is 11.3 Å². The van der Waals surface area contributed by atoms with Gasteiger partial charge < -0.3 is 11.1 Å². The fourth-order valence-electron chi connectivity index (χ4n) is 2.00. The average Bonchev–Trinajstić information content (AvgIpc) is 2.89. The van der Waals surface area contributed by atoms with Crippen LogP contribution in [0, 0.1) is 6.92 Å². The molecule has 0 atom stereocenters. The summed E-state index contributed by atoms with van der Waals surface area (Å²) in [5, 5.41) is 3.36. The Morgan fingerprint density at radius 3 is 3.05 bits per heavy atom. The van der Waals surface area contributed by atoms with E-state index in [0.29, 0.717) is 5.69 Å². The van der Waals surface area contributed by atoms with Gasteiger partial charge in [-0.05, 0) is 36.2 Å². The van der Waals surface area contributed by atoms with E-state index in [0.717, 1.165) is 22.4 Å². The maximum absolute atomic E-state index is 6.13. The van der Waals surface area contributed by atoms with E-state index < -0.39 is 0 Å². The van der Waals surface area contributed by atoms with Gasteiger partial charge in [0.25, 0.3) is 0 Å². The predicted octanol–water partition coefficient (Wildman–Crippen LogP) is 3.19. The molecule has 0 radical (unpaired) electrons. The molecule has 3 rings (SSSR count). The normalized spacial score (nSPS) is 10.8. The quantitative estimate of drug-likeness (QED) is 0.717. The third-order valence-corrected chi connectivity index (χ3v) is 3.94. The molecule has 0 fully saturated rings. The number of nitrogens with two attached hydrogens (primary N) is 1. The summed E-state index contributed by atoms with van der Waals surface area (Å²) < 4.78 is 1.11. The molecule has 0 bridgehead atoms. The first-order valence-corrected chi connectivity index (χ1v) is 6.88. The van der Waals surface area contributed by atoms with Crippen molar-refractivity contribution in [3.63, 3.8) is 0 Å². The Morgan fingerprint density at radius 1 is 1.32 bits per heavy atom. The van der Waals surface area contributed by atoms with Crippen molar-refractivity contribution in [2.24, 2.45) is 0 Å². The number of anilines is 2. The average molecular weight is 270 g/mol. The molecule has 0 aliphatic carbocycles. The smallest absolute Gasteiger partial charge is 0.106 e. The first-order chi connectivity index (χ1) is 9.25. The minimum absolute atomic E-state index is 0.713. The van der Waals surface area contributed by atoms with Crippen LogP contribution in [-0.2, 0) is 6.54 Å². The van der Waals surface area contributed by atoms with Gasteiger partial charge in [-0.2, -0.15) is 0 Å². The van der Waals surface area contributed by atoms with Gasteiger partial charge in [0.05, 0.1) is 21.6 Å². The van der Waals surface area contributed by atoms with Crippen LogP contribution in [0.25, 0.3) is 10.2 Å². The van der Waals surface area contributed by atoms with Gasteiger partial charge in [0.1, 0.15) is 5.52 Å². The molecule has 19 heavy (non-hydrogen) atoms. The van der Waals surface area contributed by atoms with Crippen LogP contribution >= 0.6 is 11.3 Å². The lowest BCUT2D eigenvalue weighted by atomic mass is 10.1. The summed E-state index contributed by atoms with van der Waals surface area (Å²) in [4.78, 5) is 8.39. The molecule has 0 unspecified atom stereocenters. The third-order valence-electron chi connectivity index (χ3n) is 3.15. The summed E-state index contributed by atoms with van der Waals surface area (Å²) in [5.41, 5.74) is 12.9. The van der Waals surface area contributed by atoms with E-state index in [9.17, 15) is 0 Å². The molecule has 5 heteroatoms. The van der Waals surface area contributed by atoms with E-state index in [1.165, 1.54) is 11.1 Å². The van der Waals surface area contributed by atoms with Gasteiger partial charge >= 0.3 is 0 Å². The Balaban J connectivity index is 1.86. The van der Waals surface area contributed by atoms with Crippen molar-refractivity contribution >= 4 is 32.9 Å². The number of fused-ring (bicyclic) bond motifs is 1. The third kappa shape index (κ3) is 2.24. The van der Waals surface area contributed by atoms with E-state index in [4.69, 9.17) is 5.73 Å². The predicted molar refractivity (Wildman–Crippen MR) is 80.3 cm³/mol. The SMILES string of the molecule is Cc1cnccc1CNc1ccc2scnc2c1N. The second-order valence-electron chi connectivity index (χ2n) is 4.38. The van der Waals surface area contributed by atoms with E-state index >= 15 is 0 Å². The molecule has 0 aliphatic rings. The number of nitrogen functional groups attached to an aromatic ring is 1. The zero-order valence-electron chi connectivity index (χ0n) is 10.6. The monoisotopic (exact) mass is 270 g/mol. The summed E-state index contributed by atoms with van der Waals surface area (Å²) in [6.07, 6.45) is 3.67. The molecule has 0 saturated heterocycles. The highest BCUT2D eigenvalue weighted by molar-refractivity contribution is 7.16. The molecular weight excluding hydrogens is 256 g/mol. The standard InChI is InChI=1S/C14H14N4S/c1-9-6-16-5-4-10(9)7-17-11-2-3-12-14(13(11)15)18-8-19-12/h2-6,8,17H,7,15H2,1H3. The summed E-state index contributed by atoms with van der Waals surface area (Å²) >= 11 is 1.60. The van der Waals surface area contributed by atoms with Gasteiger partial charge in [0, 0.05) is 18.9 Å². The Morgan fingerprint density at radius 2 is 2.21 bits per heavy atom. The summed E-state index contributed by atoms with van der Waals surface area (Å²) in [6.45, 7) is 2.78. The Labute approximate surface area is 115 Å². The van der Waals surface area contributed by atoms with E-state index in [2.05, 4.69) is 22.2 Å². The molecule has 4 nitrogen and oxygen atoms in total. The van der Waals surface area contributed by atoms with Gasteiger partial charge in [-0.25, -0.2) is 4.98 Å². The number of pyridine rings is 1. The molecule has 1 aromatic carbocycles. The number of rotatable bonds is 3. The molecule has 3 N–H and O–H groups in total. The highest BCUT2D eigenvalue weighted by Gasteiger charge is 2.07.